The third kappa shape index (κ3) is 2.40. The van der Waals surface area contributed by atoms with Gasteiger partial charge in [-0.1, -0.05) is 56.7 Å². The van der Waals surface area contributed by atoms with Crippen molar-refractivity contribution >= 4 is 5.78 Å². The quantitative estimate of drug-likeness (QED) is 0.773. The summed E-state index contributed by atoms with van der Waals surface area (Å²) >= 11 is 0. The van der Waals surface area contributed by atoms with Gasteiger partial charge in [-0.2, -0.15) is 0 Å². The van der Waals surface area contributed by atoms with Crippen LogP contribution in [0.25, 0.3) is 0 Å². The Kier molecular flexibility index (Phi) is 3.70. The predicted molar refractivity (Wildman–Crippen MR) is 75.6 cm³/mol. The van der Waals surface area contributed by atoms with E-state index in [1.165, 1.54) is 11.1 Å². The summed E-state index contributed by atoms with van der Waals surface area (Å²) in [6.45, 7) is 6.55. The van der Waals surface area contributed by atoms with Gasteiger partial charge < -0.3 is 0 Å². The molecule has 1 aliphatic rings. The molecule has 18 heavy (non-hydrogen) atoms. The number of benzene rings is 1. The molecule has 1 nitrogen and oxygen atoms in total. The van der Waals surface area contributed by atoms with Crippen LogP contribution in [-0.2, 0) is 10.2 Å². The molecule has 1 aliphatic carbocycles. The van der Waals surface area contributed by atoms with Gasteiger partial charge in [-0.05, 0) is 30.4 Å². The zero-order valence-electron chi connectivity index (χ0n) is 11.6. The number of hydrogen-bond donors (Lipinski definition) is 0. The van der Waals surface area contributed by atoms with Crippen LogP contribution >= 0.6 is 0 Å². The van der Waals surface area contributed by atoms with Crippen molar-refractivity contribution in [1.82, 2.24) is 0 Å². The van der Waals surface area contributed by atoms with Crippen LogP contribution in [-0.4, -0.2) is 5.78 Å². The SMILES string of the molecule is CC[C@]1(c2ccccc2)CC(=O)C=C(C(C)C)C1. The van der Waals surface area contributed by atoms with Crippen molar-refractivity contribution in [2.45, 2.75) is 45.4 Å². The Morgan fingerprint density at radius 2 is 1.83 bits per heavy atom. The summed E-state index contributed by atoms with van der Waals surface area (Å²) in [5, 5.41) is 0. The normalized spacial score (nSPS) is 24.2. The van der Waals surface area contributed by atoms with Crippen LogP contribution in [0.5, 0.6) is 0 Å². The largest absolute Gasteiger partial charge is 0.295 e. The van der Waals surface area contributed by atoms with Gasteiger partial charge in [0.15, 0.2) is 5.78 Å². The van der Waals surface area contributed by atoms with Gasteiger partial charge in [0, 0.05) is 11.8 Å². The number of ketones is 1. The number of hydrogen-bond acceptors (Lipinski definition) is 1. The van der Waals surface area contributed by atoms with Gasteiger partial charge in [0.25, 0.3) is 0 Å². The van der Waals surface area contributed by atoms with E-state index in [2.05, 4.69) is 45.0 Å². The molecular weight excluding hydrogens is 220 g/mol. The molecule has 0 fully saturated rings. The van der Waals surface area contributed by atoms with E-state index < -0.39 is 0 Å². The lowest BCUT2D eigenvalue weighted by atomic mass is 9.66. The lowest BCUT2D eigenvalue weighted by molar-refractivity contribution is -0.116. The lowest BCUT2D eigenvalue weighted by Gasteiger charge is -2.37. The van der Waals surface area contributed by atoms with Crippen molar-refractivity contribution in [3.8, 4) is 0 Å². The highest BCUT2D eigenvalue weighted by Gasteiger charge is 2.36. The van der Waals surface area contributed by atoms with E-state index in [4.69, 9.17) is 0 Å². The fourth-order valence-corrected chi connectivity index (χ4v) is 2.92. The number of allylic oxidation sites excluding steroid dienone is 2. The van der Waals surface area contributed by atoms with Gasteiger partial charge in [-0.25, -0.2) is 0 Å². The molecule has 0 unspecified atom stereocenters. The Morgan fingerprint density at radius 3 is 2.39 bits per heavy atom. The fraction of sp³-hybridized carbons (Fsp3) is 0.471. The van der Waals surface area contributed by atoms with Crippen LogP contribution in [0.3, 0.4) is 0 Å². The Hall–Kier alpha value is -1.37. The second kappa shape index (κ2) is 5.09. The molecule has 0 amide bonds. The highest BCUT2D eigenvalue weighted by Crippen LogP contribution is 2.42. The second-order valence-corrected chi connectivity index (χ2v) is 5.69. The van der Waals surface area contributed by atoms with E-state index >= 15 is 0 Å². The van der Waals surface area contributed by atoms with E-state index in [1.54, 1.807) is 0 Å². The second-order valence-electron chi connectivity index (χ2n) is 5.69. The van der Waals surface area contributed by atoms with Gasteiger partial charge >= 0.3 is 0 Å². The molecule has 0 spiro atoms. The molecule has 0 saturated carbocycles. The molecule has 96 valence electrons. The van der Waals surface area contributed by atoms with E-state index in [0.29, 0.717) is 12.3 Å². The number of carbonyl (C=O) groups is 1. The summed E-state index contributed by atoms with van der Waals surface area (Å²) in [6, 6.07) is 10.5. The number of carbonyl (C=O) groups excluding carboxylic acids is 1. The first-order valence-corrected chi connectivity index (χ1v) is 6.86. The van der Waals surface area contributed by atoms with Crippen molar-refractivity contribution in [1.29, 1.82) is 0 Å². The van der Waals surface area contributed by atoms with E-state index in [-0.39, 0.29) is 11.2 Å². The minimum atomic E-state index is 0.0205. The van der Waals surface area contributed by atoms with Gasteiger partial charge in [-0.3, -0.25) is 4.79 Å². The molecule has 2 rings (SSSR count). The van der Waals surface area contributed by atoms with Crippen LogP contribution < -0.4 is 0 Å². The fourth-order valence-electron chi connectivity index (χ4n) is 2.92. The molecule has 1 aromatic rings. The monoisotopic (exact) mass is 242 g/mol. The van der Waals surface area contributed by atoms with Gasteiger partial charge in [0.1, 0.15) is 0 Å². The predicted octanol–water partition coefficient (Wildman–Crippen LogP) is 4.28. The molecule has 1 aromatic carbocycles. The molecule has 0 bridgehead atoms. The zero-order valence-corrected chi connectivity index (χ0v) is 11.6. The van der Waals surface area contributed by atoms with Gasteiger partial charge in [0.2, 0.25) is 0 Å². The molecule has 0 aliphatic heterocycles. The molecule has 1 atom stereocenters. The summed E-state index contributed by atoms with van der Waals surface area (Å²) < 4.78 is 0. The van der Waals surface area contributed by atoms with Gasteiger partial charge in [0.05, 0.1) is 0 Å². The minimum absolute atomic E-state index is 0.0205. The van der Waals surface area contributed by atoms with Crippen LogP contribution in [0, 0.1) is 5.92 Å². The van der Waals surface area contributed by atoms with Crippen LogP contribution in [0.4, 0.5) is 0 Å². The highest BCUT2D eigenvalue weighted by molar-refractivity contribution is 5.92. The Labute approximate surface area is 110 Å². The maximum absolute atomic E-state index is 12.0. The van der Waals surface area contributed by atoms with Crippen molar-refractivity contribution in [2.75, 3.05) is 0 Å². The molecule has 0 heterocycles. The average molecular weight is 242 g/mol. The summed E-state index contributed by atoms with van der Waals surface area (Å²) in [4.78, 5) is 12.0. The van der Waals surface area contributed by atoms with Crippen LogP contribution in [0.2, 0.25) is 0 Å². The molecule has 0 saturated heterocycles. The average Bonchev–Trinajstić information content (AvgIpc) is 2.39. The molecule has 1 heteroatoms. The molecule has 0 radical (unpaired) electrons. The maximum Gasteiger partial charge on any atom is 0.156 e. The molecule has 0 aromatic heterocycles. The zero-order chi connectivity index (χ0) is 13.2. The maximum atomic E-state index is 12.0. The Bertz CT molecular complexity index is 456. The van der Waals surface area contributed by atoms with Crippen molar-refractivity contribution in [3.63, 3.8) is 0 Å². The first-order chi connectivity index (χ1) is 8.57. The Balaban J connectivity index is 2.41. The molecular formula is C17H22O. The van der Waals surface area contributed by atoms with Crippen molar-refractivity contribution in [3.05, 3.63) is 47.5 Å². The lowest BCUT2D eigenvalue weighted by Crippen LogP contribution is -2.33. The summed E-state index contributed by atoms with van der Waals surface area (Å²) in [7, 11) is 0. The summed E-state index contributed by atoms with van der Waals surface area (Å²) in [6.07, 6.45) is 4.58. The number of rotatable bonds is 3. The van der Waals surface area contributed by atoms with Crippen LogP contribution in [0.1, 0.15) is 45.6 Å². The smallest absolute Gasteiger partial charge is 0.156 e. The summed E-state index contributed by atoms with van der Waals surface area (Å²) in [5.74, 6) is 0.750. The topological polar surface area (TPSA) is 17.1 Å². The highest BCUT2D eigenvalue weighted by atomic mass is 16.1. The Morgan fingerprint density at radius 1 is 1.17 bits per heavy atom. The third-order valence-corrected chi connectivity index (χ3v) is 4.21. The van der Waals surface area contributed by atoms with Crippen LogP contribution in [0.15, 0.2) is 42.0 Å². The van der Waals surface area contributed by atoms with Crippen molar-refractivity contribution in [2.24, 2.45) is 5.92 Å². The first-order valence-electron chi connectivity index (χ1n) is 6.86. The summed E-state index contributed by atoms with van der Waals surface area (Å²) in [5.41, 5.74) is 2.64. The van der Waals surface area contributed by atoms with E-state index in [0.717, 1.165) is 12.8 Å². The van der Waals surface area contributed by atoms with Gasteiger partial charge in [-0.15, -0.1) is 0 Å². The van der Waals surface area contributed by atoms with E-state index in [1.807, 2.05) is 12.1 Å². The first kappa shape index (κ1) is 13.1. The third-order valence-electron chi connectivity index (χ3n) is 4.21. The molecule has 0 N–H and O–H groups in total. The van der Waals surface area contributed by atoms with E-state index in [9.17, 15) is 4.79 Å². The minimum Gasteiger partial charge on any atom is -0.295 e. The standard InChI is InChI=1S/C17H22O/c1-4-17(15-8-6-5-7-9-15)11-14(13(2)3)10-16(18)12-17/h5-10,13H,4,11-12H2,1-3H3/t17-/m1/s1. The van der Waals surface area contributed by atoms with Crippen molar-refractivity contribution < 1.29 is 4.79 Å².